The van der Waals surface area contributed by atoms with Gasteiger partial charge in [0.1, 0.15) is 5.82 Å². The van der Waals surface area contributed by atoms with Gasteiger partial charge in [-0.3, -0.25) is 4.79 Å². The van der Waals surface area contributed by atoms with Gasteiger partial charge < -0.3 is 10.6 Å². The summed E-state index contributed by atoms with van der Waals surface area (Å²) in [4.78, 5) is 12.1. The Balaban J connectivity index is 1.80. The first-order chi connectivity index (χ1) is 9.63. The van der Waals surface area contributed by atoms with Gasteiger partial charge in [-0.05, 0) is 41.5 Å². The zero-order valence-electron chi connectivity index (χ0n) is 10.5. The van der Waals surface area contributed by atoms with Crippen LogP contribution in [0.15, 0.2) is 36.4 Å². The second-order valence-electron chi connectivity index (χ2n) is 4.67. The zero-order valence-corrected chi connectivity index (χ0v) is 11.3. The predicted molar refractivity (Wildman–Crippen MR) is 76.3 cm³/mol. The SMILES string of the molecule is O=C(Nc1ccc(F)c(Cl)c1)c1ccc2c(c1)CNC2. The molecule has 0 saturated heterocycles. The third kappa shape index (κ3) is 2.53. The number of anilines is 1. The number of hydrogen-bond acceptors (Lipinski definition) is 2. The minimum atomic E-state index is -0.506. The second-order valence-corrected chi connectivity index (χ2v) is 5.08. The van der Waals surface area contributed by atoms with Crippen LogP contribution in [0.25, 0.3) is 0 Å². The third-order valence-electron chi connectivity index (χ3n) is 3.28. The molecule has 2 N–H and O–H groups in total. The number of amides is 1. The summed E-state index contributed by atoms with van der Waals surface area (Å²) in [5.74, 6) is -0.740. The lowest BCUT2D eigenvalue weighted by Gasteiger charge is -2.07. The number of benzene rings is 2. The first-order valence-corrected chi connectivity index (χ1v) is 6.60. The topological polar surface area (TPSA) is 41.1 Å². The molecule has 1 heterocycles. The van der Waals surface area contributed by atoms with Crippen molar-refractivity contribution in [2.24, 2.45) is 0 Å². The Bertz CT molecular complexity index is 688. The van der Waals surface area contributed by atoms with Gasteiger partial charge in [-0.25, -0.2) is 4.39 Å². The fraction of sp³-hybridized carbons (Fsp3) is 0.133. The minimum Gasteiger partial charge on any atom is -0.322 e. The van der Waals surface area contributed by atoms with Crippen molar-refractivity contribution in [3.05, 3.63) is 63.9 Å². The van der Waals surface area contributed by atoms with Gasteiger partial charge in [0.15, 0.2) is 0 Å². The maximum atomic E-state index is 13.1. The molecule has 0 atom stereocenters. The van der Waals surface area contributed by atoms with E-state index in [0.717, 1.165) is 18.7 Å². The van der Waals surface area contributed by atoms with Gasteiger partial charge in [0.05, 0.1) is 5.02 Å². The molecule has 0 fully saturated rings. The van der Waals surface area contributed by atoms with Crippen molar-refractivity contribution < 1.29 is 9.18 Å². The van der Waals surface area contributed by atoms with Crippen molar-refractivity contribution in [3.8, 4) is 0 Å². The molecule has 1 aliphatic rings. The Morgan fingerprint density at radius 1 is 1.15 bits per heavy atom. The van der Waals surface area contributed by atoms with E-state index in [2.05, 4.69) is 10.6 Å². The van der Waals surface area contributed by atoms with Gasteiger partial charge in [0.2, 0.25) is 0 Å². The molecule has 2 aromatic carbocycles. The quantitative estimate of drug-likeness (QED) is 0.891. The van der Waals surface area contributed by atoms with Gasteiger partial charge in [0, 0.05) is 24.3 Å². The van der Waals surface area contributed by atoms with E-state index in [1.807, 2.05) is 12.1 Å². The number of nitrogens with one attached hydrogen (secondary N) is 2. The molecule has 0 spiro atoms. The largest absolute Gasteiger partial charge is 0.322 e. The molecular weight excluding hydrogens is 279 g/mol. The van der Waals surface area contributed by atoms with Gasteiger partial charge in [-0.15, -0.1) is 0 Å². The standard InChI is InChI=1S/C15H12ClFN2O/c16-13-6-12(3-4-14(13)17)19-15(20)9-1-2-10-7-18-8-11(10)5-9/h1-6,18H,7-8H2,(H,19,20). The van der Waals surface area contributed by atoms with Gasteiger partial charge in [0.25, 0.3) is 5.91 Å². The van der Waals surface area contributed by atoms with Crippen molar-refractivity contribution in [2.45, 2.75) is 13.1 Å². The van der Waals surface area contributed by atoms with Crippen molar-refractivity contribution in [2.75, 3.05) is 5.32 Å². The van der Waals surface area contributed by atoms with E-state index in [0.29, 0.717) is 11.3 Å². The molecule has 1 aliphatic heterocycles. The fourth-order valence-corrected chi connectivity index (χ4v) is 2.39. The van der Waals surface area contributed by atoms with E-state index in [9.17, 15) is 9.18 Å². The fourth-order valence-electron chi connectivity index (χ4n) is 2.21. The molecule has 0 saturated carbocycles. The Kier molecular flexibility index (Phi) is 3.42. The number of rotatable bonds is 2. The summed E-state index contributed by atoms with van der Waals surface area (Å²) < 4.78 is 13.1. The highest BCUT2D eigenvalue weighted by molar-refractivity contribution is 6.31. The molecule has 0 aliphatic carbocycles. The molecular formula is C15H12ClFN2O. The summed E-state index contributed by atoms with van der Waals surface area (Å²) in [5, 5.41) is 5.92. The Labute approximate surface area is 120 Å². The molecule has 2 aromatic rings. The number of carbonyl (C=O) groups is 1. The Morgan fingerprint density at radius 3 is 2.75 bits per heavy atom. The number of hydrogen-bond donors (Lipinski definition) is 2. The molecule has 102 valence electrons. The van der Waals surface area contributed by atoms with Crippen molar-refractivity contribution in [3.63, 3.8) is 0 Å². The highest BCUT2D eigenvalue weighted by atomic mass is 35.5. The van der Waals surface area contributed by atoms with Crippen LogP contribution in [0.2, 0.25) is 5.02 Å². The van der Waals surface area contributed by atoms with Crippen LogP contribution in [0.3, 0.4) is 0 Å². The number of fused-ring (bicyclic) bond motifs is 1. The summed E-state index contributed by atoms with van der Waals surface area (Å²) in [6.07, 6.45) is 0. The van der Waals surface area contributed by atoms with Crippen molar-refractivity contribution in [1.29, 1.82) is 0 Å². The molecule has 3 rings (SSSR count). The monoisotopic (exact) mass is 290 g/mol. The summed E-state index contributed by atoms with van der Waals surface area (Å²) in [6, 6.07) is 9.70. The van der Waals surface area contributed by atoms with Gasteiger partial charge in [-0.1, -0.05) is 17.7 Å². The molecule has 3 nitrogen and oxygen atoms in total. The average molecular weight is 291 g/mol. The molecule has 0 radical (unpaired) electrons. The van der Waals surface area contributed by atoms with E-state index >= 15 is 0 Å². The van der Waals surface area contributed by atoms with E-state index in [-0.39, 0.29) is 10.9 Å². The maximum absolute atomic E-state index is 13.1. The van der Waals surface area contributed by atoms with Gasteiger partial charge >= 0.3 is 0 Å². The summed E-state index contributed by atoms with van der Waals surface area (Å²) in [7, 11) is 0. The van der Waals surface area contributed by atoms with Crippen LogP contribution in [0.4, 0.5) is 10.1 Å². The van der Waals surface area contributed by atoms with E-state index in [1.165, 1.54) is 23.8 Å². The molecule has 0 aromatic heterocycles. The maximum Gasteiger partial charge on any atom is 0.255 e. The van der Waals surface area contributed by atoms with Crippen LogP contribution < -0.4 is 10.6 Å². The van der Waals surface area contributed by atoms with Crippen LogP contribution in [0.5, 0.6) is 0 Å². The normalized spacial score (nSPS) is 13.1. The Morgan fingerprint density at radius 2 is 1.95 bits per heavy atom. The van der Waals surface area contributed by atoms with Crippen molar-refractivity contribution >= 4 is 23.2 Å². The van der Waals surface area contributed by atoms with Crippen LogP contribution in [-0.4, -0.2) is 5.91 Å². The molecule has 1 amide bonds. The van der Waals surface area contributed by atoms with Crippen molar-refractivity contribution in [1.82, 2.24) is 5.32 Å². The van der Waals surface area contributed by atoms with E-state index in [1.54, 1.807) is 6.07 Å². The smallest absolute Gasteiger partial charge is 0.255 e. The van der Waals surface area contributed by atoms with Crippen LogP contribution in [-0.2, 0) is 13.1 Å². The third-order valence-corrected chi connectivity index (χ3v) is 3.57. The second kappa shape index (κ2) is 5.23. The zero-order chi connectivity index (χ0) is 14.1. The first kappa shape index (κ1) is 13.1. The van der Waals surface area contributed by atoms with Crippen LogP contribution in [0, 0.1) is 5.82 Å². The average Bonchev–Trinajstić information content (AvgIpc) is 2.90. The highest BCUT2D eigenvalue weighted by Crippen LogP contribution is 2.21. The molecule has 0 unspecified atom stereocenters. The highest BCUT2D eigenvalue weighted by Gasteiger charge is 2.14. The molecule has 0 bridgehead atoms. The van der Waals surface area contributed by atoms with E-state index < -0.39 is 5.82 Å². The summed E-state index contributed by atoms with van der Waals surface area (Å²) >= 11 is 5.69. The lowest BCUT2D eigenvalue weighted by molar-refractivity contribution is 0.102. The van der Waals surface area contributed by atoms with E-state index in [4.69, 9.17) is 11.6 Å². The lowest BCUT2D eigenvalue weighted by atomic mass is 10.1. The van der Waals surface area contributed by atoms with Crippen LogP contribution in [0.1, 0.15) is 21.5 Å². The molecule has 20 heavy (non-hydrogen) atoms. The molecule has 5 heteroatoms. The summed E-state index contributed by atoms with van der Waals surface area (Å²) in [6.45, 7) is 1.61. The number of carbonyl (C=O) groups excluding carboxylic acids is 1. The first-order valence-electron chi connectivity index (χ1n) is 6.22. The Hall–Kier alpha value is -1.91. The predicted octanol–water partition coefficient (Wildman–Crippen LogP) is 3.33. The lowest BCUT2D eigenvalue weighted by Crippen LogP contribution is -2.12. The van der Waals surface area contributed by atoms with Crippen LogP contribution >= 0.6 is 11.6 Å². The summed E-state index contributed by atoms with van der Waals surface area (Å²) in [5.41, 5.74) is 3.40. The number of halogens is 2. The van der Waals surface area contributed by atoms with Gasteiger partial charge in [-0.2, -0.15) is 0 Å². The minimum absolute atomic E-state index is 0.0130.